The fourth-order valence-corrected chi connectivity index (χ4v) is 2.17. The fraction of sp³-hybridized carbons (Fsp3) is 0.364. The summed E-state index contributed by atoms with van der Waals surface area (Å²) in [6.07, 6.45) is -0.306. The number of benzene rings is 1. The van der Waals surface area contributed by atoms with E-state index in [0.29, 0.717) is 5.56 Å². The number of rotatable bonds is 6. The fourth-order valence-electron chi connectivity index (χ4n) is 1.26. The highest BCUT2D eigenvalue weighted by Crippen LogP contribution is 2.15. The van der Waals surface area contributed by atoms with Crippen LogP contribution in [0.2, 0.25) is 0 Å². The molecule has 1 aromatic rings. The van der Waals surface area contributed by atoms with Gasteiger partial charge < -0.3 is 5.11 Å². The molecule has 0 aliphatic heterocycles. The maximum absolute atomic E-state index is 13.3. The molecule has 0 spiro atoms. The first-order chi connectivity index (χ1) is 8.72. The second-order valence-corrected chi connectivity index (χ2v) is 5.81. The van der Waals surface area contributed by atoms with Gasteiger partial charge in [-0.2, -0.15) is 12.7 Å². The Kier molecular flexibility index (Phi) is 4.84. The Labute approximate surface area is 111 Å². The van der Waals surface area contributed by atoms with Crippen LogP contribution in [0.1, 0.15) is 12.0 Å². The molecule has 0 fully saturated rings. The zero-order valence-electron chi connectivity index (χ0n) is 10.6. The van der Waals surface area contributed by atoms with Crippen molar-refractivity contribution in [1.82, 2.24) is 4.31 Å². The average molecular weight is 290 g/mol. The lowest BCUT2D eigenvalue weighted by Crippen LogP contribution is -2.34. The van der Waals surface area contributed by atoms with Crippen LogP contribution in [0, 0.1) is 12.7 Å². The van der Waals surface area contributed by atoms with E-state index in [0.717, 1.165) is 10.4 Å². The van der Waals surface area contributed by atoms with Gasteiger partial charge in [0.1, 0.15) is 5.82 Å². The smallest absolute Gasteiger partial charge is 0.304 e. The highest BCUT2D eigenvalue weighted by molar-refractivity contribution is 7.90. The molecule has 0 unspecified atom stereocenters. The molecule has 0 saturated carbocycles. The van der Waals surface area contributed by atoms with Gasteiger partial charge in [-0.3, -0.25) is 9.52 Å². The lowest BCUT2D eigenvalue weighted by molar-refractivity contribution is -0.137. The summed E-state index contributed by atoms with van der Waals surface area (Å²) >= 11 is 0. The molecule has 0 heterocycles. The highest BCUT2D eigenvalue weighted by Gasteiger charge is 2.18. The minimum Gasteiger partial charge on any atom is -0.481 e. The molecule has 106 valence electrons. The van der Waals surface area contributed by atoms with E-state index in [9.17, 15) is 17.6 Å². The van der Waals surface area contributed by atoms with E-state index in [2.05, 4.69) is 4.72 Å². The molecule has 0 radical (unpaired) electrons. The van der Waals surface area contributed by atoms with Gasteiger partial charge in [0, 0.05) is 13.6 Å². The van der Waals surface area contributed by atoms with E-state index in [4.69, 9.17) is 5.11 Å². The Morgan fingerprint density at radius 2 is 2.11 bits per heavy atom. The maximum Gasteiger partial charge on any atom is 0.304 e. The van der Waals surface area contributed by atoms with Crippen molar-refractivity contribution >= 4 is 21.9 Å². The van der Waals surface area contributed by atoms with Crippen LogP contribution in [0.15, 0.2) is 18.2 Å². The third-order valence-corrected chi connectivity index (χ3v) is 3.97. The molecule has 6 nitrogen and oxygen atoms in total. The van der Waals surface area contributed by atoms with Gasteiger partial charge in [0.05, 0.1) is 12.1 Å². The Balaban J connectivity index is 2.78. The molecule has 0 atom stereocenters. The summed E-state index contributed by atoms with van der Waals surface area (Å²) in [5.41, 5.74) is 0.493. The van der Waals surface area contributed by atoms with Crippen molar-refractivity contribution in [2.45, 2.75) is 13.3 Å². The molecule has 0 aromatic heterocycles. The maximum atomic E-state index is 13.3. The van der Waals surface area contributed by atoms with Crippen molar-refractivity contribution in [3.05, 3.63) is 29.6 Å². The molecule has 19 heavy (non-hydrogen) atoms. The summed E-state index contributed by atoms with van der Waals surface area (Å²) in [6.45, 7) is 1.39. The van der Waals surface area contributed by atoms with E-state index >= 15 is 0 Å². The number of hydrogen-bond acceptors (Lipinski definition) is 3. The van der Waals surface area contributed by atoms with Gasteiger partial charge in [-0.25, -0.2) is 4.39 Å². The third kappa shape index (κ3) is 4.49. The zero-order valence-corrected chi connectivity index (χ0v) is 11.4. The summed E-state index contributed by atoms with van der Waals surface area (Å²) in [4.78, 5) is 10.4. The van der Waals surface area contributed by atoms with Crippen LogP contribution in [-0.4, -0.2) is 37.4 Å². The summed E-state index contributed by atoms with van der Waals surface area (Å²) in [7, 11) is -2.64. The van der Waals surface area contributed by atoms with Crippen molar-refractivity contribution in [2.24, 2.45) is 0 Å². The SMILES string of the molecule is Cc1ccc(NS(=O)(=O)N(C)CCC(=O)O)cc1F. The number of carbonyl (C=O) groups is 1. The number of nitrogens with zero attached hydrogens (tertiary/aromatic N) is 1. The predicted molar refractivity (Wildman–Crippen MR) is 68.6 cm³/mol. The molecule has 0 amide bonds. The van der Waals surface area contributed by atoms with E-state index in [1.165, 1.54) is 19.2 Å². The van der Waals surface area contributed by atoms with Crippen LogP contribution < -0.4 is 4.72 Å². The lowest BCUT2D eigenvalue weighted by Gasteiger charge is -2.17. The Bertz CT molecular complexity index is 574. The topological polar surface area (TPSA) is 86.7 Å². The highest BCUT2D eigenvalue weighted by atomic mass is 32.2. The monoisotopic (exact) mass is 290 g/mol. The average Bonchev–Trinajstić information content (AvgIpc) is 2.30. The minimum atomic E-state index is -3.89. The molecule has 0 saturated heterocycles. The van der Waals surface area contributed by atoms with Crippen molar-refractivity contribution in [2.75, 3.05) is 18.3 Å². The number of aryl methyl sites for hydroxylation is 1. The first kappa shape index (κ1) is 15.4. The molecular formula is C11H15FN2O4S. The number of anilines is 1. The first-order valence-corrected chi connectivity index (χ1v) is 6.88. The molecule has 0 bridgehead atoms. The minimum absolute atomic E-state index is 0.0882. The second-order valence-electron chi connectivity index (χ2n) is 4.04. The summed E-state index contributed by atoms with van der Waals surface area (Å²) in [5.74, 6) is -1.61. The summed E-state index contributed by atoms with van der Waals surface area (Å²) < 4.78 is 39.9. The number of hydrogen-bond donors (Lipinski definition) is 2. The van der Waals surface area contributed by atoms with Crippen LogP contribution in [0.3, 0.4) is 0 Å². The van der Waals surface area contributed by atoms with Crippen LogP contribution in [0.5, 0.6) is 0 Å². The molecular weight excluding hydrogens is 275 g/mol. The van der Waals surface area contributed by atoms with E-state index in [1.54, 1.807) is 6.92 Å². The Morgan fingerprint density at radius 1 is 1.47 bits per heavy atom. The van der Waals surface area contributed by atoms with Gasteiger partial charge in [0.25, 0.3) is 0 Å². The summed E-state index contributed by atoms with van der Waals surface area (Å²) in [6, 6.07) is 3.95. The molecule has 2 N–H and O–H groups in total. The van der Waals surface area contributed by atoms with Gasteiger partial charge in [-0.1, -0.05) is 6.07 Å². The Morgan fingerprint density at radius 3 is 2.63 bits per heavy atom. The van der Waals surface area contributed by atoms with Crippen LogP contribution in [0.25, 0.3) is 0 Å². The van der Waals surface area contributed by atoms with Gasteiger partial charge >= 0.3 is 16.2 Å². The third-order valence-electron chi connectivity index (χ3n) is 2.47. The number of carboxylic acid groups (broad SMARTS) is 1. The van der Waals surface area contributed by atoms with Gasteiger partial charge in [0.15, 0.2) is 0 Å². The van der Waals surface area contributed by atoms with Crippen molar-refractivity contribution < 1.29 is 22.7 Å². The van der Waals surface area contributed by atoms with Crippen molar-refractivity contribution in [1.29, 1.82) is 0 Å². The van der Waals surface area contributed by atoms with Gasteiger partial charge in [-0.05, 0) is 24.6 Å². The molecule has 1 rings (SSSR count). The first-order valence-electron chi connectivity index (χ1n) is 5.44. The number of aliphatic carboxylic acids is 1. The molecule has 0 aliphatic carbocycles. The molecule has 8 heteroatoms. The van der Waals surface area contributed by atoms with Crippen LogP contribution >= 0.6 is 0 Å². The van der Waals surface area contributed by atoms with E-state index < -0.39 is 22.0 Å². The predicted octanol–water partition coefficient (Wildman–Crippen LogP) is 1.20. The quantitative estimate of drug-likeness (QED) is 0.824. The Hall–Kier alpha value is -1.67. The zero-order chi connectivity index (χ0) is 14.6. The van der Waals surface area contributed by atoms with Crippen LogP contribution in [0.4, 0.5) is 10.1 Å². The number of carboxylic acids is 1. The molecule has 1 aromatic carbocycles. The van der Waals surface area contributed by atoms with Crippen LogP contribution in [-0.2, 0) is 15.0 Å². The second kappa shape index (κ2) is 5.98. The van der Waals surface area contributed by atoms with Gasteiger partial charge in [-0.15, -0.1) is 0 Å². The standard InChI is InChI=1S/C11H15FN2O4S/c1-8-3-4-9(7-10(8)12)13-19(17,18)14(2)6-5-11(15)16/h3-4,7,13H,5-6H2,1-2H3,(H,15,16). The van der Waals surface area contributed by atoms with E-state index in [1.807, 2.05) is 0 Å². The summed E-state index contributed by atoms with van der Waals surface area (Å²) in [5, 5.41) is 8.49. The van der Waals surface area contributed by atoms with E-state index in [-0.39, 0.29) is 18.7 Å². The largest absolute Gasteiger partial charge is 0.481 e. The van der Waals surface area contributed by atoms with Gasteiger partial charge in [0.2, 0.25) is 0 Å². The number of nitrogens with one attached hydrogen (secondary N) is 1. The van der Waals surface area contributed by atoms with Crippen molar-refractivity contribution in [3.8, 4) is 0 Å². The number of halogens is 1. The van der Waals surface area contributed by atoms with Crippen molar-refractivity contribution in [3.63, 3.8) is 0 Å². The normalized spacial score (nSPS) is 11.6. The molecule has 0 aliphatic rings. The lowest BCUT2D eigenvalue weighted by atomic mass is 10.2.